The molecule has 0 saturated carbocycles. The van der Waals surface area contributed by atoms with E-state index >= 15 is 0 Å². The van der Waals surface area contributed by atoms with Gasteiger partial charge in [-0.05, 0) is 23.8 Å². The lowest BCUT2D eigenvalue weighted by molar-refractivity contribution is -0.115. The highest BCUT2D eigenvalue weighted by Crippen LogP contribution is 2.15. The Hall–Kier alpha value is -2.69. The molecule has 1 aromatic heterocycles. The number of carboxylic acid groups (broad SMARTS) is 1. The molecule has 19 heavy (non-hydrogen) atoms. The molecule has 1 amide bonds. The Balaban J connectivity index is 2.09. The van der Waals surface area contributed by atoms with E-state index in [0.717, 1.165) is 5.56 Å². The third kappa shape index (κ3) is 3.38. The second-order valence-electron chi connectivity index (χ2n) is 3.94. The van der Waals surface area contributed by atoms with Crippen molar-refractivity contribution in [3.63, 3.8) is 0 Å². The van der Waals surface area contributed by atoms with Crippen LogP contribution >= 0.6 is 0 Å². The molecular weight excluding hydrogens is 244 g/mol. The maximum Gasteiger partial charge on any atom is 0.337 e. The van der Waals surface area contributed by atoms with Crippen molar-refractivity contribution in [3.05, 3.63) is 59.9 Å². The molecule has 5 heteroatoms. The first-order chi connectivity index (χ1) is 9.16. The van der Waals surface area contributed by atoms with Gasteiger partial charge in [-0.3, -0.25) is 9.78 Å². The van der Waals surface area contributed by atoms with Crippen LogP contribution in [0.1, 0.15) is 15.9 Å². The molecule has 0 spiro atoms. The number of para-hydroxylation sites is 1. The second kappa shape index (κ2) is 5.77. The number of pyridine rings is 1. The van der Waals surface area contributed by atoms with Crippen molar-refractivity contribution in [2.45, 2.75) is 6.42 Å². The normalized spacial score (nSPS) is 9.89. The minimum Gasteiger partial charge on any atom is -0.478 e. The number of carbonyl (C=O) groups excluding carboxylic acids is 1. The largest absolute Gasteiger partial charge is 0.478 e. The summed E-state index contributed by atoms with van der Waals surface area (Å²) in [7, 11) is 0. The minimum atomic E-state index is -1.07. The topological polar surface area (TPSA) is 79.3 Å². The van der Waals surface area contributed by atoms with Crippen LogP contribution in [-0.4, -0.2) is 22.0 Å². The molecule has 5 nitrogen and oxygen atoms in total. The van der Waals surface area contributed by atoms with Gasteiger partial charge in [0.15, 0.2) is 0 Å². The van der Waals surface area contributed by atoms with Crippen molar-refractivity contribution in [1.82, 2.24) is 4.98 Å². The fourth-order valence-corrected chi connectivity index (χ4v) is 1.66. The summed E-state index contributed by atoms with van der Waals surface area (Å²) in [6.45, 7) is 0. The standard InChI is InChI=1S/C14H12N2O3/c17-13(8-10-4-3-7-15-9-10)16-12-6-2-1-5-11(12)14(18)19/h1-7,9H,8H2,(H,16,17)(H,18,19). The molecule has 0 saturated heterocycles. The summed E-state index contributed by atoms with van der Waals surface area (Å²) in [6, 6.07) is 9.82. The molecule has 0 fully saturated rings. The van der Waals surface area contributed by atoms with Gasteiger partial charge in [0.1, 0.15) is 0 Å². The zero-order chi connectivity index (χ0) is 13.7. The van der Waals surface area contributed by atoms with Crippen LogP contribution in [0.3, 0.4) is 0 Å². The van der Waals surface area contributed by atoms with E-state index < -0.39 is 5.97 Å². The number of rotatable bonds is 4. The van der Waals surface area contributed by atoms with Crippen LogP contribution in [0.15, 0.2) is 48.8 Å². The predicted molar refractivity (Wildman–Crippen MR) is 70.0 cm³/mol. The van der Waals surface area contributed by atoms with E-state index in [4.69, 9.17) is 5.11 Å². The van der Waals surface area contributed by atoms with Gasteiger partial charge in [-0.25, -0.2) is 4.79 Å². The lowest BCUT2D eigenvalue weighted by atomic mass is 10.1. The van der Waals surface area contributed by atoms with Gasteiger partial charge in [-0.1, -0.05) is 18.2 Å². The fraction of sp³-hybridized carbons (Fsp3) is 0.0714. The van der Waals surface area contributed by atoms with E-state index in [1.807, 2.05) is 0 Å². The zero-order valence-electron chi connectivity index (χ0n) is 10.0. The van der Waals surface area contributed by atoms with Gasteiger partial charge in [0, 0.05) is 12.4 Å². The van der Waals surface area contributed by atoms with E-state index in [1.54, 1.807) is 42.7 Å². The minimum absolute atomic E-state index is 0.0713. The van der Waals surface area contributed by atoms with Crippen LogP contribution in [0, 0.1) is 0 Å². The van der Waals surface area contributed by atoms with E-state index in [-0.39, 0.29) is 17.9 Å². The molecule has 2 aromatic rings. The molecule has 2 rings (SSSR count). The highest BCUT2D eigenvalue weighted by atomic mass is 16.4. The summed E-state index contributed by atoms with van der Waals surface area (Å²) in [5.41, 5.74) is 1.14. The molecule has 0 atom stereocenters. The van der Waals surface area contributed by atoms with Crippen molar-refractivity contribution in [3.8, 4) is 0 Å². The summed E-state index contributed by atoms with van der Waals surface area (Å²) in [6.07, 6.45) is 3.38. The Kier molecular flexibility index (Phi) is 3.87. The number of benzene rings is 1. The van der Waals surface area contributed by atoms with Gasteiger partial charge < -0.3 is 10.4 Å². The van der Waals surface area contributed by atoms with E-state index in [2.05, 4.69) is 10.3 Å². The smallest absolute Gasteiger partial charge is 0.337 e. The number of amides is 1. The van der Waals surface area contributed by atoms with E-state index in [1.165, 1.54) is 6.07 Å². The number of carboxylic acids is 1. The summed E-state index contributed by atoms with van der Waals surface area (Å²) < 4.78 is 0. The number of hydrogen-bond acceptors (Lipinski definition) is 3. The van der Waals surface area contributed by atoms with Crippen molar-refractivity contribution in [2.75, 3.05) is 5.32 Å². The van der Waals surface area contributed by atoms with Crippen LogP contribution in [0.2, 0.25) is 0 Å². The SMILES string of the molecule is O=C(Cc1cccnc1)Nc1ccccc1C(=O)O. The molecule has 0 aliphatic heterocycles. The van der Waals surface area contributed by atoms with Gasteiger partial charge in [-0.15, -0.1) is 0 Å². The molecular formula is C14H12N2O3. The molecule has 0 aliphatic rings. The number of anilines is 1. The van der Waals surface area contributed by atoms with Crippen molar-refractivity contribution in [2.24, 2.45) is 0 Å². The Morgan fingerprint density at radius 1 is 1.16 bits per heavy atom. The first-order valence-electron chi connectivity index (χ1n) is 5.68. The third-order valence-electron chi connectivity index (χ3n) is 2.52. The van der Waals surface area contributed by atoms with Crippen LogP contribution in [0.5, 0.6) is 0 Å². The number of hydrogen-bond donors (Lipinski definition) is 2. The Morgan fingerprint density at radius 3 is 2.63 bits per heavy atom. The summed E-state index contributed by atoms with van der Waals surface area (Å²) in [5, 5.41) is 11.6. The van der Waals surface area contributed by atoms with Gasteiger partial charge in [-0.2, -0.15) is 0 Å². The van der Waals surface area contributed by atoms with Crippen LogP contribution in [-0.2, 0) is 11.2 Å². The molecule has 0 radical (unpaired) electrons. The Morgan fingerprint density at radius 2 is 1.95 bits per heavy atom. The molecule has 96 valence electrons. The van der Waals surface area contributed by atoms with Crippen molar-refractivity contribution in [1.29, 1.82) is 0 Å². The maximum absolute atomic E-state index is 11.8. The third-order valence-corrected chi connectivity index (χ3v) is 2.52. The van der Waals surface area contributed by atoms with E-state index in [9.17, 15) is 9.59 Å². The Labute approximate surface area is 109 Å². The van der Waals surface area contributed by atoms with Crippen molar-refractivity contribution >= 4 is 17.6 Å². The maximum atomic E-state index is 11.8. The molecule has 0 unspecified atom stereocenters. The monoisotopic (exact) mass is 256 g/mol. The average molecular weight is 256 g/mol. The predicted octanol–water partition coefficient (Wildman–Crippen LogP) is 1.96. The molecule has 0 bridgehead atoms. The lowest BCUT2D eigenvalue weighted by Gasteiger charge is -2.08. The van der Waals surface area contributed by atoms with Gasteiger partial charge in [0.05, 0.1) is 17.7 Å². The van der Waals surface area contributed by atoms with Gasteiger partial charge in [0.2, 0.25) is 5.91 Å². The number of carbonyl (C=O) groups is 2. The van der Waals surface area contributed by atoms with Crippen LogP contribution in [0.25, 0.3) is 0 Å². The van der Waals surface area contributed by atoms with Crippen molar-refractivity contribution < 1.29 is 14.7 Å². The number of aromatic nitrogens is 1. The molecule has 1 heterocycles. The highest BCUT2D eigenvalue weighted by molar-refractivity contribution is 6.00. The summed E-state index contributed by atoms with van der Waals surface area (Å²) in [5.74, 6) is -1.35. The summed E-state index contributed by atoms with van der Waals surface area (Å²) in [4.78, 5) is 26.7. The molecule has 0 aliphatic carbocycles. The van der Waals surface area contributed by atoms with Gasteiger partial charge in [0.25, 0.3) is 0 Å². The van der Waals surface area contributed by atoms with E-state index in [0.29, 0.717) is 5.69 Å². The Bertz CT molecular complexity index is 597. The van der Waals surface area contributed by atoms with Gasteiger partial charge >= 0.3 is 5.97 Å². The highest BCUT2D eigenvalue weighted by Gasteiger charge is 2.11. The number of nitrogens with zero attached hydrogens (tertiary/aromatic N) is 1. The second-order valence-corrected chi connectivity index (χ2v) is 3.94. The number of nitrogens with one attached hydrogen (secondary N) is 1. The first-order valence-corrected chi connectivity index (χ1v) is 5.68. The quantitative estimate of drug-likeness (QED) is 0.876. The van der Waals surface area contributed by atoms with Crippen LogP contribution in [0.4, 0.5) is 5.69 Å². The lowest BCUT2D eigenvalue weighted by Crippen LogP contribution is -2.16. The molecule has 1 aromatic carbocycles. The fourth-order valence-electron chi connectivity index (χ4n) is 1.66. The first kappa shape index (κ1) is 12.8. The molecule has 2 N–H and O–H groups in total. The van der Waals surface area contributed by atoms with Crippen LogP contribution < -0.4 is 5.32 Å². The number of aromatic carboxylic acids is 1. The zero-order valence-corrected chi connectivity index (χ0v) is 10.0. The average Bonchev–Trinajstić information content (AvgIpc) is 2.40. The summed E-state index contributed by atoms with van der Waals surface area (Å²) >= 11 is 0.